The molecule has 0 bridgehead atoms. The summed E-state index contributed by atoms with van der Waals surface area (Å²) in [6, 6.07) is 4.25. The third-order valence-electron chi connectivity index (χ3n) is 2.85. The van der Waals surface area contributed by atoms with Gasteiger partial charge >= 0.3 is 6.18 Å². The quantitative estimate of drug-likeness (QED) is 0.839. The minimum atomic E-state index is -4.32. The summed E-state index contributed by atoms with van der Waals surface area (Å²) in [6.07, 6.45) is -4.32. The minimum absolute atomic E-state index is 0.227. The molecule has 2 rings (SSSR count). The Bertz CT molecular complexity index is 497. The molecule has 1 unspecified atom stereocenters. The number of nitrogens with one attached hydrogen (secondary N) is 1. The minimum Gasteiger partial charge on any atom is -0.335 e. The molecule has 1 aliphatic rings. The second-order valence-corrected chi connectivity index (χ2v) is 5.72. The first-order chi connectivity index (χ1) is 8.86. The molecule has 0 fully saturated rings. The predicted octanol–water partition coefficient (Wildman–Crippen LogP) is 4.16. The maximum atomic E-state index is 12.8. The average molecular weight is 288 g/mol. The van der Waals surface area contributed by atoms with Gasteiger partial charge in [0.05, 0.1) is 5.56 Å². The molecule has 2 nitrogen and oxygen atoms in total. The van der Waals surface area contributed by atoms with Crippen molar-refractivity contribution in [3.8, 4) is 0 Å². The molecule has 1 N–H and O–H groups in total. The fourth-order valence-electron chi connectivity index (χ4n) is 1.76. The molecule has 1 aromatic rings. The smallest absolute Gasteiger partial charge is 0.335 e. The first-order valence-corrected chi connectivity index (χ1v) is 6.97. The zero-order chi connectivity index (χ0) is 14.0. The van der Waals surface area contributed by atoms with E-state index in [1.54, 1.807) is 17.8 Å². The monoisotopic (exact) mass is 288 g/mol. The molecule has 0 aliphatic carbocycles. The number of nitrogens with zero attached hydrogens (tertiary/aromatic N) is 1. The molecular formula is C13H15F3N2S. The van der Waals surface area contributed by atoms with Crippen LogP contribution >= 0.6 is 11.8 Å². The van der Waals surface area contributed by atoms with Gasteiger partial charge in [-0.2, -0.15) is 13.2 Å². The number of thioether (sulfide) groups is 1. The highest BCUT2D eigenvalue weighted by atomic mass is 32.2. The van der Waals surface area contributed by atoms with Crippen LogP contribution in [0.1, 0.15) is 18.1 Å². The van der Waals surface area contributed by atoms with E-state index in [4.69, 9.17) is 0 Å². The van der Waals surface area contributed by atoms with Crippen LogP contribution in [0.3, 0.4) is 0 Å². The van der Waals surface area contributed by atoms with Crippen LogP contribution in [0.2, 0.25) is 0 Å². The van der Waals surface area contributed by atoms with Crippen LogP contribution in [-0.4, -0.2) is 17.5 Å². The van der Waals surface area contributed by atoms with E-state index >= 15 is 0 Å². The Morgan fingerprint density at radius 3 is 2.68 bits per heavy atom. The maximum absolute atomic E-state index is 12.8. The van der Waals surface area contributed by atoms with Crippen LogP contribution in [0.4, 0.5) is 18.9 Å². The van der Waals surface area contributed by atoms with Gasteiger partial charge in [-0.3, -0.25) is 4.99 Å². The Balaban J connectivity index is 2.18. The molecule has 0 aromatic heterocycles. The zero-order valence-electron chi connectivity index (χ0n) is 10.7. The first kappa shape index (κ1) is 14.2. The highest BCUT2D eigenvalue weighted by molar-refractivity contribution is 8.14. The van der Waals surface area contributed by atoms with E-state index in [2.05, 4.69) is 17.2 Å². The van der Waals surface area contributed by atoms with Crippen LogP contribution in [0, 0.1) is 12.8 Å². The molecule has 0 saturated heterocycles. The average Bonchev–Trinajstić information content (AvgIpc) is 2.33. The summed E-state index contributed by atoms with van der Waals surface area (Å²) in [5.74, 6) is 1.45. The zero-order valence-corrected chi connectivity index (χ0v) is 11.5. The van der Waals surface area contributed by atoms with Crippen molar-refractivity contribution in [2.45, 2.75) is 20.0 Å². The van der Waals surface area contributed by atoms with Gasteiger partial charge in [-0.05, 0) is 30.5 Å². The van der Waals surface area contributed by atoms with Crippen LogP contribution in [-0.2, 0) is 6.18 Å². The number of amidine groups is 1. The molecule has 19 heavy (non-hydrogen) atoms. The molecule has 104 valence electrons. The Labute approximate surface area is 114 Å². The van der Waals surface area contributed by atoms with Gasteiger partial charge in [-0.25, -0.2) is 0 Å². The predicted molar refractivity (Wildman–Crippen MR) is 73.7 cm³/mol. The number of halogens is 3. The summed E-state index contributed by atoms with van der Waals surface area (Å²) in [5, 5.41) is 3.64. The van der Waals surface area contributed by atoms with E-state index in [0.29, 0.717) is 23.3 Å². The van der Waals surface area contributed by atoms with Crippen LogP contribution in [0.15, 0.2) is 23.2 Å². The van der Waals surface area contributed by atoms with E-state index in [0.717, 1.165) is 11.8 Å². The van der Waals surface area contributed by atoms with Gasteiger partial charge in [0.2, 0.25) is 0 Å². The number of aryl methyl sites for hydroxylation is 1. The number of rotatable bonds is 1. The first-order valence-electron chi connectivity index (χ1n) is 5.98. The lowest BCUT2D eigenvalue weighted by molar-refractivity contribution is -0.138. The Kier molecular flexibility index (Phi) is 4.08. The Hall–Kier alpha value is -1.17. The van der Waals surface area contributed by atoms with Gasteiger partial charge in [0.15, 0.2) is 5.17 Å². The van der Waals surface area contributed by atoms with Gasteiger partial charge in [0, 0.05) is 18.0 Å². The molecule has 1 aliphatic heterocycles. The van der Waals surface area contributed by atoms with Gasteiger partial charge in [0.1, 0.15) is 0 Å². The normalized spacial score (nSPS) is 20.1. The largest absolute Gasteiger partial charge is 0.416 e. The second-order valence-electron chi connectivity index (χ2n) is 4.71. The molecule has 1 heterocycles. The summed E-state index contributed by atoms with van der Waals surface area (Å²) in [5.41, 5.74) is 0.0518. The van der Waals surface area contributed by atoms with Crippen molar-refractivity contribution >= 4 is 22.6 Å². The number of anilines is 1. The van der Waals surface area contributed by atoms with Crippen molar-refractivity contribution in [3.63, 3.8) is 0 Å². The third-order valence-corrected chi connectivity index (χ3v) is 4.09. The van der Waals surface area contributed by atoms with E-state index in [1.807, 2.05) is 0 Å². The number of alkyl halides is 3. The molecule has 1 aromatic carbocycles. The molecule has 0 saturated carbocycles. The van der Waals surface area contributed by atoms with Crippen molar-refractivity contribution in [1.29, 1.82) is 0 Å². The van der Waals surface area contributed by atoms with E-state index in [9.17, 15) is 13.2 Å². The lowest BCUT2D eigenvalue weighted by Gasteiger charge is -2.19. The second kappa shape index (κ2) is 5.45. The van der Waals surface area contributed by atoms with Crippen molar-refractivity contribution in [3.05, 3.63) is 29.3 Å². The molecule has 0 spiro atoms. The lowest BCUT2D eigenvalue weighted by Crippen LogP contribution is -2.19. The number of benzene rings is 1. The van der Waals surface area contributed by atoms with Crippen molar-refractivity contribution in [1.82, 2.24) is 0 Å². The highest BCUT2D eigenvalue weighted by Gasteiger charge is 2.32. The summed E-state index contributed by atoms with van der Waals surface area (Å²) in [7, 11) is 0. The standard InChI is InChI=1S/C13H15F3N2S/c1-8-6-17-12(19-7-8)18-10-4-3-9(2)11(5-10)13(14,15)16/h3-5,8H,6-7H2,1-2H3,(H,17,18). The van der Waals surface area contributed by atoms with Gasteiger partial charge in [-0.1, -0.05) is 24.8 Å². The molecular weight excluding hydrogens is 273 g/mol. The van der Waals surface area contributed by atoms with Crippen molar-refractivity contribution < 1.29 is 13.2 Å². The number of hydrogen-bond acceptors (Lipinski definition) is 3. The number of aliphatic imine (C=N–C) groups is 1. The van der Waals surface area contributed by atoms with Crippen LogP contribution < -0.4 is 5.32 Å². The highest BCUT2D eigenvalue weighted by Crippen LogP contribution is 2.33. The summed E-state index contributed by atoms with van der Waals surface area (Å²) < 4.78 is 38.4. The Morgan fingerprint density at radius 1 is 1.37 bits per heavy atom. The van der Waals surface area contributed by atoms with Gasteiger partial charge in [-0.15, -0.1) is 0 Å². The van der Waals surface area contributed by atoms with Gasteiger partial charge in [0.25, 0.3) is 0 Å². The fraction of sp³-hybridized carbons (Fsp3) is 0.462. The van der Waals surface area contributed by atoms with Crippen LogP contribution in [0.5, 0.6) is 0 Å². The van der Waals surface area contributed by atoms with E-state index in [-0.39, 0.29) is 5.56 Å². The summed E-state index contributed by atoms with van der Waals surface area (Å²) in [4.78, 5) is 4.31. The molecule has 0 amide bonds. The lowest BCUT2D eigenvalue weighted by atomic mass is 10.1. The molecule has 0 radical (unpaired) electrons. The topological polar surface area (TPSA) is 24.4 Å². The summed E-state index contributed by atoms with van der Waals surface area (Å²) >= 11 is 1.54. The van der Waals surface area contributed by atoms with Crippen LogP contribution in [0.25, 0.3) is 0 Å². The van der Waals surface area contributed by atoms with Gasteiger partial charge < -0.3 is 5.32 Å². The third kappa shape index (κ3) is 3.65. The van der Waals surface area contributed by atoms with E-state index < -0.39 is 11.7 Å². The summed E-state index contributed by atoms with van der Waals surface area (Å²) in [6.45, 7) is 4.27. The molecule has 6 heteroatoms. The van der Waals surface area contributed by atoms with Crippen molar-refractivity contribution in [2.75, 3.05) is 17.6 Å². The molecule has 1 atom stereocenters. The van der Waals surface area contributed by atoms with Crippen molar-refractivity contribution in [2.24, 2.45) is 10.9 Å². The Morgan fingerprint density at radius 2 is 2.11 bits per heavy atom. The van der Waals surface area contributed by atoms with E-state index in [1.165, 1.54) is 13.0 Å². The SMILES string of the molecule is Cc1ccc(NC2=NCC(C)CS2)cc1C(F)(F)F. The number of hydrogen-bond donors (Lipinski definition) is 1. The fourth-order valence-corrected chi connectivity index (χ4v) is 2.67. The maximum Gasteiger partial charge on any atom is 0.416 e.